The van der Waals surface area contributed by atoms with Crippen LogP contribution >= 0.6 is 11.8 Å². The van der Waals surface area contributed by atoms with E-state index < -0.39 is 0 Å². The number of hydrogen-bond acceptors (Lipinski definition) is 5. The summed E-state index contributed by atoms with van der Waals surface area (Å²) in [6.07, 6.45) is 2.23. The van der Waals surface area contributed by atoms with Gasteiger partial charge in [0.15, 0.2) is 5.82 Å². The molecule has 1 saturated heterocycles. The molecule has 0 radical (unpaired) electrons. The van der Waals surface area contributed by atoms with Crippen molar-refractivity contribution in [2.45, 2.75) is 19.4 Å². The fourth-order valence-corrected chi connectivity index (χ4v) is 2.88. The normalized spacial score (nSPS) is 21.6. The van der Waals surface area contributed by atoms with Gasteiger partial charge in [-0.2, -0.15) is 16.7 Å². The molecule has 4 nitrogen and oxygen atoms in total. The van der Waals surface area contributed by atoms with Gasteiger partial charge >= 0.3 is 0 Å². The first-order valence-corrected chi connectivity index (χ1v) is 6.07. The monoisotopic (exact) mass is 213 g/mol. The summed E-state index contributed by atoms with van der Waals surface area (Å²) in [6, 6.07) is 0. The summed E-state index contributed by atoms with van der Waals surface area (Å²) in [7, 11) is 1.88. The van der Waals surface area contributed by atoms with Gasteiger partial charge < -0.3 is 9.84 Å². The first-order valence-electron chi connectivity index (χ1n) is 4.92. The minimum absolute atomic E-state index is 0.683. The molecule has 1 fully saturated rings. The molecule has 14 heavy (non-hydrogen) atoms. The maximum Gasteiger partial charge on any atom is 0.226 e. The van der Waals surface area contributed by atoms with Crippen LogP contribution in [0.3, 0.4) is 0 Å². The highest BCUT2D eigenvalue weighted by Gasteiger charge is 2.18. The van der Waals surface area contributed by atoms with Crippen molar-refractivity contribution in [2.75, 3.05) is 18.6 Å². The highest BCUT2D eigenvalue weighted by Crippen LogP contribution is 2.25. The van der Waals surface area contributed by atoms with E-state index in [1.54, 1.807) is 0 Å². The van der Waals surface area contributed by atoms with Crippen molar-refractivity contribution in [1.29, 1.82) is 0 Å². The topological polar surface area (TPSA) is 51.0 Å². The molecule has 1 aromatic rings. The standard InChI is InChI=1S/C9H15N3OS/c1-10-5-8-11-9(13-12-8)4-7-2-3-14-6-7/h7,10H,2-6H2,1H3. The van der Waals surface area contributed by atoms with Gasteiger partial charge in [0.2, 0.25) is 5.89 Å². The van der Waals surface area contributed by atoms with Crippen LogP contribution < -0.4 is 5.32 Å². The van der Waals surface area contributed by atoms with Gasteiger partial charge in [-0.25, -0.2) is 0 Å². The molecule has 0 amide bonds. The molecule has 78 valence electrons. The highest BCUT2D eigenvalue weighted by molar-refractivity contribution is 7.99. The summed E-state index contributed by atoms with van der Waals surface area (Å²) in [6.45, 7) is 0.683. The summed E-state index contributed by atoms with van der Waals surface area (Å²) < 4.78 is 5.17. The van der Waals surface area contributed by atoms with Gasteiger partial charge in [-0.05, 0) is 30.9 Å². The average molecular weight is 213 g/mol. The maximum atomic E-state index is 5.17. The molecule has 1 aliphatic rings. The molecule has 0 saturated carbocycles. The lowest BCUT2D eigenvalue weighted by Gasteiger charge is -2.01. The largest absolute Gasteiger partial charge is 0.339 e. The van der Waals surface area contributed by atoms with Gasteiger partial charge in [0.1, 0.15) is 0 Å². The summed E-state index contributed by atoms with van der Waals surface area (Å²) in [4.78, 5) is 4.31. The summed E-state index contributed by atoms with van der Waals surface area (Å²) in [5.74, 6) is 4.81. The molecule has 0 aromatic carbocycles. The summed E-state index contributed by atoms with van der Waals surface area (Å²) in [5.41, 5.74) is 0. The van der Waals surface area contributed by atoms with Crippen molar-refractivity contribution in [2.24, 2.45) is 5.92 Å². The predicted octanol–water partition coefficient (Wildman–Crippen LogP) is 1.08. The van der Waals surface area contributed by atoms with E-state index in [0.717, 1.165) is 24.1 Å². The zero-order chi connectivity index (χ0) is 9.80. The van der Waals surface area contributed by atoms with Gasteiger partial charge in [-0.1, -0.05) is 5.16 Å². The third-order valence-corrected chi connectivity index (χ3v) is 3.56. The predicted molar refractivity (Wildman–Crippen MR) is 56.2 cm³/mol. The van der Waals surface area contributed by atoms with Crippen molar-refractivity contribution in [3.63, 3.8) is 0 Å². The Morgan fingerprint density at radius 1 is 1.64 bits per heavy atom. The number of hydrogen-bond donors (Lipinski definition) is 1. The third-order valence-electron chi connectivity index (χ3n) is 2.33. The van der Waals surface area contributed by atoms with E-state index in [4.69, 9.17) is 4.52 Å². The van der Waals surface area contributed by atoms with Crippen LogP contribution in [0.5, 0.6) is 0 Å². The van der Waals surface area contributed by atoms with E-state index in [0.29, 0.717) is 6.54 Å². The number of nitrogens with one attached hydrogen (secondary N) is 1. The first-order chi connectivity index (χ1) is 6.88. The van der Waals surface area contributed by atoms with Crippen LogP contribution in [-0.2, 0) is 13.0 Å². The molecule has 1 unspecified atom stereocenters. The van der Waals surface area contributed by atoms with E-state index in [2.05, 4.69) is 15.5 Å². The second kappa shape index (κ2) is 4.79. The Morgan fingerprint density at radius 3 is 3.29 bits per heavy atom. The zero-order valence-electron chi connectivity index (χ0n) is 8.32. The molecule has 0 bridgehead atoms. The molecule has 1 atom stereocenters. The Bertz CT molecular complexity index is 283. The van der Waals surface area contributed by atoms with Gasteiger partial charge in [0.25, 0.3) is 0 Å². The zero-order valence-corrected chi connectivity index (χ0v) is 9.14. The van der Waals surface area contributed by atoms with Crippen molar-refractivity contribution < 1.29 is 4.52 Å². The van der Waals surface area contributed by atoms with Gasteiger partial charge in [0, 0.05) is 6.42 Å². The molecular formula is C9H15N3OS. The Hall–Kier alpha value is -0.550. The molecule has 1 N–H and O–H groups in total. The molecule has 0 spiro atoms. The minimum atomic E-state index is 0.683. The van der Waals surface area contributed by atoms with Crippen molar-refractivity contribution in [3.05, 3.63) is 11.7 Å². The van der Waals surface area contributed by atoms with Crippen LogP contribution in [0.4, 0.5) is 0 Å². The Labute approximate surface area is 87.8 Å². The molecule has 1 aromatic heterocycles. The Kier molecular flexibility index (Phi) is 3.42. The lowest BCUT2D eigenvalue weighted by molar-refractivity contribution is 0.354. The van der Waals surface area contributed by atoms with Crippen LogP contribution in [0.1, 0.15) is 18.1 Å². The van der Waals surface area contributed by atoms with Crippen LogP contribution in [-0.4, -0.2) is 28.7 Å². The van der Waals surface area contributed by atoms with Crippen LogP contribution in [0, 0.1) is 5.92 Å². The molecule has 1 aliphatic heterocycles. The van der Waals surface area contributed by atoms with E-state index in [1.165, 1.54) is 17.9 Å². The van der Waals surface area contributed by atoms with Gasteiger partial charge in [0.05, 0.1) is 6.54 Å². The second-order valence-corrected chi connectivity index (χ2v) is 4.72. The van der Waals surface area contributed by atoms with Crippen molar-refractivity contribution >= 4 is 11.8 Å². The van der Waals surface area contributed by atoms with E-state index in [1.807, 2.05) is 18.8 Å². The molecular weight excluding hydrogens is 198 g/mol. The van der Waals surface area contributed by atoms with Gasteiger partial charge in [-0.3, -0.25) is 0 Å². The number of thioether (sulfide) groups is 1. The van der Waals surface area contributed by atoms with Crippen LogP contribution in [0.15, 0.2) is 4.52 Å². The van der Waals surface area contributed by atoms with Gasteiger partial charge in [-0.15, -0.1) is 0 Å². The quantitative estimate of drug-likeness (QED) is 0.811. The summed E-state index contributed by atoms with van der Waals surface area (Å²) in [5, 5.41) is 6.89. The number of rotatable bonds is 4. The maximum absolute atomic E-state index is 5.17. The van der Waals surface area contributed by atoms with Crippen LogP contribution in [0.25, 0.3) is 0 Å². The first kappa shape index (κ1) is 9.98. The van der Waals surface area contributed by atoms with E-state index in [9.17, 15) is 0 Å². The van der Waals surface area contributed by atoms with E-state index in [-0.39, 0.29) is 0 Å². The molecule has 5 heteroatoms. The summed E-state index contributed by atoms with van der Waals surface area (Å²) >= 11 is 2.02. The fourth-order valence-electron chi connectivity index (χ4n) is 1.59. The average Bonchev–Trinajstić information content (AvgIpc) is 2.79. The SMILES string of the molecule is CNCc1noc(CC2CCSC2)n1. The third kappa shape index (κ3) is 2.48. The van der Waals surface area contributed by atoms with Crippen molar-refractivity contribution in [1.82, 2.24) is 15.5 Å². The minimum Gasteiger partial charge on any atom is -0.339 e. The lowest BCUT2D eigenvalue weighted by Crippen LogP contribution is -2.07. The number of aromatic nitrogens is 2. The molecule has 2 rings (SSSR count). The van der Waals surface area contributed by atoms with Crippen molar-refractivity contribution in [3.8, 4) is 0 Å². The molecule has 0 aliphatic carbocycles. The van der Waals surface area contributed by atoms with Crippen LogP contribution in [0.2, 0.25) is 0 Å². The second-order valence-electron chi connectivity index (χ2n) is 3.57. The van der Waals surface area contributed by atoms with E-state index >= 15 is 0 Å². The smallest absolute Gasteiger partial charge is 0.226 e. The lowest BCUT2D eigenvalue weighted by atomic mass is 10.1. The fraction of sp³-hybridized carbons (Fsp3) is 0.778. The highest BCUT2D eigenvalue weighted by atomic mass is 32.2. The Morgan fingerprint density at radius 2 is 2.57 bits per heavy atom. The number of nitrogens with zero attached hydrogens (tertiary/aromatic N) is 2. The Balaban J connectivity index is 1.88. The molecule has 2 heterocycles.